The number of aromatic nitrogens is 1. The van der Waals surface area contributed by atoms with E-state index in [1.165, 1.54) is 5.56 Å². The molecule has 0 saturated heterocycles. The third kappa shape index (κ3) is 2.72. The second kappa shape index (κ2) is 5.61. The van der Waals surface area contributed by atoms with Crippen LogP contribution in [0.3, 0.4) is 0 Å². The predicted octanol–water partition coefficient (Wildman–Crippen LogP) is 3.86. The molecular formula is C17H16N2O. The Kier molecular flexibility index (Phi) is 3.50. The number of para-hydroxylation sites is 1. The molecular weight excluding hydrogens is 248 g/mol. The molecule has 100 valence electrons. The van der Waals surface area contributed by atoms with Gasteiger partial charge in [-0.1, -0.05) is 30.3 Å². The summed E-state index contributed by atoms with van der Waals surface area (Å²) in [6.07, 6.45) is 1.86. The molecule has 3 nitrogen and oxygen atoms in total. The Hall–Kier alpha value is -2.55. The van der Waals surface area contributed by atoms with Crippen LogP contribution in [0.15, 0.2) is 60.8 Å². The van der Waals surface area contributed by atoms with Crippen LogP contribution in [0.5, 0.6) is 5.75 Å². The number of methoxy groups -OCH3 is 1. The summed E-state index contributed by atoms with van der Waals surface area (Å²) in [6.45, 7) is 0.747. The fraction of sp³-hybridized carbons (Fsp3) is 0.118. The number of hydrogen-bond donors (Lipinski definition) is 1. The van der Waals surface area contributed by atoms with Crippen LogP contribution in [0, 0.1) is 0 Å². The quantitative estimate of drug-likeness (QED) is 0.777. The molecule has 1 N–H and O–H groups in total. The van der Waals surface area contributed by atoms with Crippen LogP contribution in [-0.4, -0.2) is 12.1 Å². The molecule has 0 aliphatic rings. The van der Waals surface area contributed by atoms with E-state index in [0.717, 1.165) is 28.9 Å². The highest BCUT2D eigenvalue weighted by molar-refractivity contribution is 5.81. The van der Waals surface area contributed by atoms with Crippen molar-refractivity contribution in [3.63, 3.8) is 0 Å². The van der Waals surface area contributed by atoms with Gasteiger partial charge in [-0.25, -0.2) is 0 Å². The third-order valence-corrected chi connectivity index (χ3v) is 3.22. The van der Waals surface area contributed by atoms with E-state index in [1.54, 1.807) is 7.11 Å². The van der Waals surface area contributed by atoms with Crippen molar-refractivity contribution in [1.29, 1.82) is 0 Å². The van der Waals surface area contributed by atoms with Crippen molar-refractivity contribution in [1.82, 2.24) is 4.98 Å². The largest absolute Gasteiger partial charge is 0.497 e. The maximum absolute atomic E-state index is 5.22. The summed E-state index contributed by atoms with van der Waals surface area (Å²) < 4.78 is 5.22. The molecule has 3 heteroatoms. The van der Waals surface area contributed by atoms with E-state index in [9.17, 15) is 0 Å². The van der Waals surface area contributed by atoms with E-state index in [1.807, 2.05) is 42.6 Å². The number of nitrogens with one attached hydrogen (secondary N) is 1. The van der Waals surface area contributed by atoms with E-state index >= 15 is 0 Å². The lowest BCUT2D eigenvalue weighted by atomic mass is 10.2. The Morgan fingerprint density at radius 3 is 2.85 bits per heavy atom. The molecule has 0 bridgehead atoms. The van der Waals surface area contributed by atoms with Crippen LogP contribution < -0.4 is 10.1 Å². The van der Waals surface area contributed by atoms with Crippen molar-refractivity contribution in [3.05, 3.63) is 66.4 Å². The van der Waals surface area contributed by atoms with E-state index in [0.29, 0.717) is 0 Å². The molecule has 0 amide bonds. The third-order valence-electron chi connectivity index (χ3n) is 3.22. The maximum Gasteiger partial charge on any atom is 0.119 e. The van der Waals surface area contributed by atoms with Crippen LogP contribution in [0.1, 0.15) is 5.56 Å². The Labute approximate surface area is 118 Å². The van der Waals surface area contributed by atoms with Gasteiger partial charge in [0.25, 0.3) is 0 Å². The average molecular weight is 264 g/mol. The monoisotopic (exact) mass is 264 g/mol. The van der Waals surface area contributed by atoms with Gasteiger partial charge in [0, 0.05) is 11.9 Å². The smallest absolute Gasteiger partial charge is 0.119 e. The maximum atomic E-state index is 5.22. The van der Waals surface area contributed by atoms with Crippen molar-refractivity contribution in [2.45, 2.75) is 6.54 Å². The van der Waals surface area contributed by atoms with Crippen LogP contribution in [0.2, 0.25) is 0 Å². The number of ether oxygens (including phenoxy) is 1. The number of benzene rings is 2. The van der Waals surface area contributed by atoms with Crippen LogP contribution in [0.4, 0.5) is 5.69 Å². The van der Waals surface area contributed by atoms with Crippen molar-refractivity contribution in [2.24, 2.45) is 0 Å². The SMILES string of the molecule is COc1cccc(CNc2cnc3ccccc3c2)c1. The summed E-state index contributed by atoms with van der Waals surface area (Å²) in [6, 6.07) is 18.3. The van der Waals surface area contributed by atoms with Crippen LogP contribution >= 0.6 is 0 Å². The van der Waals surface area contributed by atoms with Crippen LogP contribution in [-0.2, 0) is 6.54 Å². The summed E-state index contributed by atoms with van der Waals surface area (Å²) in [5, 5.41) is 4.53. The molecule has 0 saturated carbocycles. The molecule has 2 aromatic carbocycles. The number of anilines is 1. The highest BCUT2D eigenvalue weighted by Gasteiger charge is 1.99. The topological polar surface area (TPSA) is 34.1 Å². The number of nitrogens with zero attached hydrogens (tertiary/aromatic N) is 1. The van der Waals surface area contributed by atoms with Gasteiger partial charge in [-0.15, -0.1) is 0 Å². The van der Waals surface area contributed by atoms with Crippen molar-refractivity contribution in [3.8, 4) is 5.75 Å². The number of fused-ring (bicyclic) bond motifs is 1. The van der Waals surface area contributed by atoms with Crippen molar-refractivity contribution in [2.75, 3.05) is 12.4 Å². The Bertz CT molecular complexity index is 725. The van der Waals surface area contributed by atoms with Gasteiger partial charge >= 0.3 is 0 Å². The molecule has 0 unspecified atom stereocenters. The normalized spacial score (nSPS) is 10.4. The van der Waals surface area contributed by atoms with Crippen molar-refractivity contribution >= 4 is 16.6 Å². The minimum atomic E-state index is 0.747. The van der Waals surface area contributed by atoms with Gasteiger partial charge in [0.2, 0.25) is 0 Å². The molecule has 0 radical (unpaired) electrons. The van der Waals surface area contributed by atoms with Gasteiger partial charge in [-0.05, 0) is 29.8 Å². The lowest BCUT2D eigenvalue weighted by Crippen LogP contribution is -2.00. The fourth-order valence-electron chi connectivity index (χ4n) is 2.15. The summed E-state index contributed by atoms with van der Waals surface area (Å²) in [5.74, 6) is 0.876. The molecule has 20 heavy (non-hydrogen) atoms. The summed E-state index contributed by atoms with van der Waals surface area (Å²) in [7, 11) is 1.68. The number of hydrogen-bond acceptors (Lipinski definition) is 3. The van der Waals surface area contributed by atoms with Gasteiger partial charge < -0.3 is 10.1 Å². The summed E-state index contributed by atoms with van der Waals surface area (Å²) >= 11 is 0. The molecule has 0 aliphatic heterocycles. The second-order valence-corrected chi connectivity index (χ2v) is 4.62. The standard InChI is InChI=1S/C17H16N2O/c1-20-16-7-4-5-13(9-16)11-18-15-10-14-6-2-3-8-17(14)19-12-15/h2-10,12,18H,11H2,1H3. The van der Waals surface area contributed by atoms with E-state index in [-0.39, 0.29) is 0 Å². The summed E-state index contributed by atoms with van der Waals surface area (Å²) in [4.78, 5) is 4.44. The van der Waals surface area contributed by atoms with E-state index in [4.69, 9.17) is 4.74 Å². The van der Waals surface area contributed by atoms with E-state index < -0.39 is 0 Å². The highest BCUT2D eigenvalue weighted by Crippen LogP contribution is 2.18. The first-order chi connectivity index (χ1) is 9.85. The molecule has 0 aliphatic carbocycles. The minimum absolute atomic E-state index is 0.747. The molecule has 0 fully saturated rings. The molecule has 1 heterocycles. The van der Waals surface area contributed by atoms with Gasteiger partial charge in [0.15, 0.2) is 0 Å². The summed E-state index contributed by atoms with van der Waals surface area (Å²) in [5.41, 5.74) is 3.21. The number of pyridine rings is 1. The first-order valence-electron chi connectivity index (χ1n) is 6.57. The first-order valence-corrected chi connectivity index (χ1v) is 6.57. The predicted molar refractivity (Wildman–Crippen MR) is 82.1 cm³/mol. The minimum Gasteiger partial charge on any atom is -0.497 e. The Morgan fingerprint density at radius 1 is 1.05 bits per heavy atom. The Morgan fingerprint density at radius 2 is 1.95 bits per heavy atom. The van der Waals surface area contributed by atoms with Gasteiger partial charge in [0.05, 0.1) is 24.5 Å². The molecule has 3 rings (SSSR count). The molecule has 1 aromatic heterocycles. The number of rotatable bonds is 4. The van der Waals surface area contributed by atoms with E-state index in [2.05, 4.69) is 28.5 Å². The zero-order valence-corrected chi connectivity index (χ0v) is 11.3. The molecule has 3 aromatic rings. The molecule has 0 spiro atoms. The first kappa shape index (κ1) is 12.5. The zero-order valence-electron chi connectivity index (χ0n) is 11.3. The van der Waals surface area contributed by atoms with Gasteiger partial charge in [0.1, 0.15) is 5.75 Å². The second-order valence-electron chi connectivity index (χ2n) is 4.62. The lowest BCUT2D eigenvalue weighted by molar-refractivity contribution is 0.414. The lowest BCUT2D eigenvalue weighted by Gasteiger charge is -2.08. The highest BCUT2D eigenvalue weighted by atomic mass is 16.5. The van der Waals surface area contributed by atoms with Gasteiger partial charge in [-0.2, -0.15) is 0 Å². The molecule has 0 atom stereocenters. The Balaban J connectivity index is 1.76. The van der Waals surface area contributed by atoms with Crippen LogP contribution in [0.25, 0.3) is 10.9 Å². The zero-order chi connectivity index (χ0) is 13.8. The average Bonchev–Trinajstić information content (AvgIpc) is 2.53. The van der Waals surface area contributed by atoms with Gasteiger partial charge in [-0.3, -0.25) is 4.98 Å². The van der Waals surface area contributed by atoms with Crippen molar-refractivity contribution < 1.29 is 4.74 Å². The fourth-order valence-corrected chi connectivity index (χ4v) is 2.15.